The van der Waals surface area contributed by atoms with Crippen molar-refractivity contribution in [1.29, 1.82) is 0 Å². The number of carbonyl (C=O) groups is 1. The summed E-state index contributed by atoms with van der Waals surface area (Å²) in [5.41, 5.74) is 1.78. The van der Waals surface area contributed by atoms with E-state index >= 15 is 0 Å². The Bertz CT molecular complexity index is 2750. The number of hydrogen-bond acceptors (Lipinski definition) is 11. The molecule has 1 aliphatic rings. The quantitative estimate of drug-likeness (QED) is 0.0124. The molecular formula is C56H69F6N7O8. The Hall–Kier alpha value is -7.15. The molecule has 21 heteroatoms. The standard InChI is InChI=1S/C31H41N3O3.C17H25F3N2O2.C8H3F3N2O3/c1-31(2,3)19-13-9-7-5-4-6-8-10-14-20-37-28-18-17-25-24-16-12-11-15-23(24)21-26(25)29(28)34-27(30(35)36)22-32-33-34;1-2-3-4-5-6-7-8-9-12-21-15-11-10-14(17(18,19)20)13-16(15)22(23)24;9-8(10,11)5-1-2-6(12-4-14)7(3-5)13(15)16/h11-12,15-18,22H,4-10,13-14,19-21H2,1-3H3,(H,35,36);10-11,13,21H,2-9,12H2,1H3;1-3H. The van der Waals surface area contributed by atoms with Crippen LogP contribution in [0.25, 0.3) is 16.8 Å². The van der Waals surface area contributed by atoms with E-state index in [-0.39, 0.29) is 11.4 Å². The molecule has 0 amide bonds. The fraction of sp³-hybridized carbons (Fsp3) is 0.500. The number of fused-ring (bicyclic) bond motifs is 3. The smallest absolute Gasteiger partial charge is 0.416 e. The van der Waals surface area contributed by atoms with E-state index in [1.165, 1.54) is 105 Å². The van der Waals surface area contributed by atoms with E-state index in [4.69, 9.17) is 4.74 Å². The number of hydrogen-bond donors (Lipinski definition) is 2. The molecular weight excluding hydrogens is 1010 g/mol. The summed E-state index contributed by atoms with van der Waals surface area (Å²) in [6.07, 6.45) is 15.5. The van der Waals surface area contributed by atoms with Crippen LogP contribution in [0.5, 0.6) is 5.75 Å². The third-order valence-corrected chi connectivity index (χ3v) is 12.8. The van der Waals surface area contributed by atoms with E-state index in [0.717, 1.165) is 67.5 Å². The molecule has 0 aliphatic heterocycles. The number of rotatable bonds is 27. The number of carboxylic acid groups (broad SMARTS) is 1. The summed E-state index contributed by atoms with van der Waals surface area (Å²) in [7, 11) is 0. The molecule has 0 radical (unpaired) electrons. The molecule has 0 spiro atoms. The summed E-state index contributed by atoms with van der Waals surface area (Å²) in [4.78, 5) is 44.2. The Balaban J connectivity index is 0.000000274. The fourth-order valence-corrected chi connectivity index (χ4v) is 8.73. The molecule has 2 N–H and O–H groups in total. The van der Waals surface area contributed by atoms with Crippen LogP contribution in [0.15, 0.2) is 84.0 Å². The van der Waals surface area contributed by atoms with Gasteiger partial charge in [-0.15, -0.1) is 5.10 Å². The van der Waals surface area contributed by atoms with Crippen LogP contribution in [-0.4, -0.2) is 55.1 Å². The first kappa shape index (κ1) is 62.4. The molecule has 77 heavy (non-hydrogen) atoms. The first-order valence-electron chi connectivity index (χ1n) is 26.1. The van der Waals surface area contributed by atoms with Crippen LogP contribution in [0.1, 0.15) is 176 Å². The van der Waals surface area contributed by atoms with Gasteiger partial charge in [0, 0.05) is 25.1 Å². The lowest BCUT2D eigenvalue weighted by Gasteiger charge is -2.17. The van der Waals surface area contributed by atoms with Crippen molar-refractivity contribution < 1.29 is 55.6 Å². The molecule has 6 rings (SSSR count). The van der Waals surface area contributed by atoms with Gasteiger partial charge in [0.05, 0.1) is 33.8 Å². The van der Waals surface area contributed by atoms with Crippen molar-refractivity contribution in [2.45, 2.75) is 162 Å². The highest BCUT2D eigenvalue weighted by Gasteiger charge is 2.34. The molecule has 0 saturated carbocycles. The van der Waals surface area contributed by atoms with Crippen LogP contribution in [0, 0.1) is 25.6 Å². The molecule has 4 aromatic carbocycles. The van der Waals surface area contributed by atoms with Crippen LogP contribution in [-0.2, 0) is 23.6 Å². The first-order chi connectivity index (χ1) is 36.6. The van der Waals surface area contributed by atoms with E-state index in [2.05, 4.69) is 66.5 Å². The zero-order valence-corrected chi connectivity index (χ0v) is 44.1. The Morgan fingerprint density at radius 2 is 1.30 bits per heavy atom. The number of carbonyl (C=O) groups excluding carboxylic acids is 1. The number of anilines is 1. The monoisotopic (exact) mass is 1080 g/mol. The third-order valence-electron chi connectivity index (χ3n) is 12.8. The lowest BCUT2D eigenvalue weighted by atomic mass is 9.89. The molecule has 0 bridgehead atoms. The summed E-state index contributed by atoms with van der Waals surface area (Å²) < 4.78 is 82.2. The second-order valence-corrected chi connectivity index (χ2v) is 20.0. The van der Waals surface area contributed by atoms with Gasteiger partial charge in [0.2, 0.25) is 6.08 Å². The summed E-state index contributed by atoms with van der Waals surface area (Å²) in [5.74, 6) is -0.395. The number of benzene rings is 4. The molecule has 0 fully saturated rings. The number of isocyanates is 1. The van der Waals surface area contributed by atoms with Crippen LogP contribution in [0.3, 0.4) is 0 Å². The molecule has 418 valence electrons. The van der Waals surface area contributed by atoms with Crippen LogP contribution in [0.4, 0.5) is 49.1 Å². The van der Waals surface area contributed by atoms with E-state index in [9.17, 15) is 61.3 Å². The largest absolute Gasteiger partial charge is 0.491 e. The van der Waals surface area contributed by atoms with Gasteiger partial charge in [-0.25, -0.2) is 14.3 Å². The summed E-state index contributed by atoms with van der Waals surface area (Å²) in [6, 6.07) is 16.6. The maximum absolute atomic E-state index is 12.6. The van der Waals surface area contributed by atoms with Crippen molar-refractivity contribution in [1.82, 2.24) is 15.0 Å². The first-order valence-corrected chi connectivity index (χ1v) is 26.1. The molecule has 1 aromatic heterocycles. The topological polar surface area (TPSA) is 205 Å². The number of halogens is 6. The van der Waals surface area contributed by atoms with Crippen molar-refractivity contribution in [2.75, 3.05) is 18.5 Å². The number of carboxylic acids is 1. The van der Waals surface area contributed by atoms with Crippen molar-refractivity contribution in [2.24, 2.45) is 10.4 Å². The SMILES string of the molecule is CC(C)(C)CCCCCCCCCCCOc1ccc2c(c1-n1nncc1C(=O)O)Cc1ccccc1-2.CCCCCCCCCCNc1ccc(C(F)(F)F)cc1[N+](=O)[O-].O=C=Nc1ccc(C(F)(F)F)cc1[N+](=O)[O-]. The Labute approximate surface area is 444 Å². The number of alkyl halides is 6. The zero-order chi connectivity index (χ0) is 56.6. The molecule has 1 aliphatic carbocycles. The van der Waals surface area contributed by atoms with Crippen LogP contribution in [0.2, 0.25) is 0 Å². The Morgan fingerprint density at radius 1 is 0.740 bits per heavy atom. The lowest BCUT2D eigenvalue weighted by Crippen LogP contribution is -2.12. The second kappa shape index (κ2) is 30.6. The maximum Gasteiger partial charge on any atom is 0.416 e. The Morgan fingerprint density at radius 3 is 1.87 bits per heavy atom. The van der Waals surface area contributed by atoms with Gasteiger partial charge >= 0.3 is 18.3 Å². The van der Waals surface area contributed by atoms with E-state index in [1.807, 2.05) is 18.2 Å². The number of nitro groups is 2. The van der Waals surface area contributed by atoms with Gasteiger partial charge in [-0.3, -0.25) is 20.2 Å². The number of aromatic nitrogens is 3. The minimum absolute atomic E-state index is 0.0348. The van der Waals surface area contributed by atoms with Gasteiger partial charge in [0.15, 0.2) is 11.4 Å². The van der Waals surface area contributed by atoms with Crippen LogP contribution >= 0.6 is 0 Å². The summed E-state index contributed by atoms with van der Waals surface area (Å²) >= 11 is 0. The normalized spacial score (nSPS) is 11.8. The van der Waals surface area contributed by atoms with Gasteiger partial charge in [-0.1, -0.05) is 160 Å². The maximum atomic E-state index is 12.6. The lowest BCUT2D eigenvalue weighted by molar-refractivity contribution is -0.384. The number of nitrogens with one attached hydrogen (secondary N) is 1. The number of ether oxygens (including phenoxy) is 1. The van der Waals surface area contributed by atoms with Gasteiger partial charge in [0.1, 0.15) is 17.1 Å². The second-order valence-electron chi connectivity index (χ2n) is 20.0. The highest BCUT2D eigenvalue weighted by molar-refractivity contribution is 5.88. The third kappa shape index (κ3) is 20.4. The molecule has 0 atom stereocenters. The van der Waals surface area contributed by atoms with Gasteiger partial charge in [-0.2, -0.15) is 31.3 Å². The highest BCUT2D eigenvalue weighted by Crippen LogP contribution is 2.43. The Kier molecular flexibility index (Phi) is 24.8. The minimum Gasteiger partial charge on any atom is -0.491 e. The van der Waals surface area contributed by atoms with Crippen molar-refractivity contribution >= 4 is 34.8 Å². The number of nitrogens with zero attached hydrogens (tertiary/aromatic N) is 6. The van der Waals surface area contributed by atoms with Crippen LogP contribution < -0.4 is 10.1 Å². The van der Waals surface area contributed by atoms with Crippen molar-refractivity contribution in [3.05, 3.63) is 127 Å². The molecule has 15 nitrogen and oxygen atoms in total. The van der Waals surface area contributed by atoms with E-state index in [0.29, 0.717) is 54.6 Å². The molecule has 5 aromatic rings. The number of aliphatic imine (C=N–C) groups is 1. The average molecular weight is 1080 g/mol. The summed E-state index contributed by atoms with van der Waals surface area (Å²) in [6.45, 7) is 10.3. The zero-order valence-electron chi connectivity index (χ0n) is 44.1. The predicted molar refractivity (Wildman–Crippen MR) is 283 cm³/mol. The number of nitro benzene ring substituents is 2. The minimum atomic E-state index is -4.69. The number of unbranched alkanes of at least 4 members (excludes halogenated alkanes) is 15. The van der Waals surface area contributed by atoms with Crippen molar-refractivity contribution in [3.8, 4) is 22.6 Å². The fourth-order valence-electron chi connectivity index (χ4n) is 8.73. The predicted octanol–water partition coefficient (Wildman–Crippen LogP) is 16.6. The summed E-state index contributed by atoms with van der Waals surface area (Å²) in [5, 5.41) is 42.0. The van der Waals surface area contributed by atoms with Gasteiger partial charge in [0.25, 0.3) is 11.4 Å². The molecule has 0 saturated heterocycles. The van der Waals surface area contributed by atoms with Gasteiger partial charge in [-0.05, 0) is 77.3 Å². The molecule has 1 heterocycles. The van der Waals surface area contributed by atoms with Crippen molar-refractivity contribution in [3.63, 3.8) is 0 Å². The van der Waals surface area contributed by atoms with E-state index < -0.39 is 56.4 Å². The number of aromatic carboxylic acids is 1. The average Bonchev–Trinajstić information content (AvgIpc) is 4.02. The van der Waals surface area contributed by atoms with E-state index in [1.54, 1.807) is 0 Å². The highest BCUT2D eigenvalue weighted by atomic mass is 19.4. The van der Waals surface area contributed by atoms with Gasteiger partial charge < -0.3 is 15.2 Å². The molecule has 0 unspecified atom stereocenters.